The van der Waals surface area contributed by atoms with Crippen molar-refractivity contribution in [2.45, 2.75) is 26.0 Å². The average molecular weight is 424 g/mol. The highest BCUT2D eigenvalue weighted by atomic mass is 19.3. The Morgan fingerprint density at radius 3 is 2.19 bits per heavy atom. The van der Waals surface area contributed by atoms with E-state index in [1.54, 1.807) is 12.1 Å². The van der Waals surface area contributed by atoms with Gasteiger partial charge in [0, 0.05) is 6.54 Å². The predicted octanol–water partition coefficient (Wildman–Crippen LogP) is 4.63. The maximum Gasteiger partial charge on any atom is 0.387 e. The molecule has 0 spiro atoms. The van der Waals surface area contributed by atoms with Crippen LogP contribution in [0.5, 0.6) is 5.75 Å². The summed E-state index contributed by atoms with van der Waals surface area (Å²) in [5.41, 5.74) is 4.29. The smallest absolute Gasteiger partial charge is 0.387 e. The predicted molar refractivity (Wildman–Crippen MR) is 117 cm³/mol. The van der Waals surface area contributed by atoms with Gasteiger partial charge in [-0.25, -0.2) is 0 Å². The summed E-state index contributed by atoms with van der Waals surface area (Å²) in [7, 11) is 0. The van der Waals surface area contributed by atoms with Crippen LogP contribution in [0.25, 0.3) is 0 Å². The Kier molecular flexibility index (Phi) is 8.12. The van der Waals surface area contributed by atoms with Crippen molar-refractivity contribution < 1.29 is 18.3 Å². The molecule has 1 amide bonds. The number of ether oxygens (including phenoxy) is 1. The summed E-state index contributed by atoms with van der Waals surface area (Å²) in [6.07, 6.45) is 0.598. The van der Waals surface area contributed by atoms with Crippen LogP contribution < -0.4 is 15.4 Å². The molecular weight excluding hydrogens is 398 g/mol. The Morgan fingerprint density at radius 1 is 0.903 bits per heavy atom. The lowest BCUT2D eigenvalue weighted by molar-refractivity contribution is -0.120. The molecule has 0 aliphatic carbocycles. The van der Waals surface area contributed by atoms with E-state index < -0.39 is 6.61 Å². The fourth-order valence-electron chi connectivity index (χ4n) is 3.27. The highest BCUT2D eigenvalue weighted by Crippen LogP contribution is 2.22. The molecule has 0 heterocycles. The van der Waals surface area contributed by atoms with Gasteiger partial charge >= 0.3 is 6.61 Å². The average Bonchev–Trinajstić information content (AvgIpc) is 2.77. The third-order valence-corrected chi connectivity index (χ3v) is 4.89. The number of benzene rings is 3. The van der Waals surface area contributed by atoms with Crippen LogP contribution >= 0.6 is 0 Å². The number of nitrogens with one attached hydrogen (secondary N) is 2. The Balaban J connectivity index is 1.51. The van der Waals surface area contributed by atoms with Crippen LogP contribution in [-0.4, -0.2) is 25.6 Å². The highest BCUT2D eigenvalue weighted by molar-refractivity contribution is 5.78. The van der Waals surface area contributed by atoms with E-state index in [-0.39, 0.29) is 24.2 Å². The number of amides is 1. The molecule has 31 heavy (non-hydrogen) atoms. The number of hydrogen-bond acceptors (Lipinski definition) is 3. The van der Waals surface area contributed by atoms with E-state index in [1.807, 2.05) is 37.3 Å². The maximum absolute atomic E-state index is 12.4. The lowest BCUT2D eigenvalue weighted by atomic mass is 9.98. The third-order valence-electron chi connectivity index (χ3n) is 4.89. The molecule has 0 aromatic heterocycles. The Morgan fingerprint density at radius 2 is 1.55 bits per heavy atom. The second-order valence-electron chi connectivity index (χ2n) is 7.26. The molecule has 0 aliphatic rings. The number of carbonyl (C=O) groups is 1. The third kappa shape index (κ3) is 7.19. The molecular formula is C25H26F2N2O2. The van der Waals surface area contributed by atoms with Gasteiger partial charge in [-0.05, 0) is 42.2 Å². The lowest BCUT2D eigenvalue weighted by Gasteiger charge is -2.20. The summed E-state index contributed by atoms with van der Waals surface area (Å²) in [5, 5.41) is 6.24. The molecule has 2 N–H and O–H groups in total. The summed E-state index contributed by atoms with van der Waals surface area (Å²) in [5.74, 6) is 0.0146. The minimum absolute atomic E-state index is 0.0880. The molecule has 4 nitrogen and oxygen atoms in total. The van der Waals surface area contributed by atoms with Crippen molar-refractivity contribution in [3.8, 4) is 5.75 Å². The zero-order valence-electron chi connectivity index (χ0n) is 17.4. The Labute approximate surface area is 181 Å². The number of carbonyl (C=O) groups excluding carboxylic acids is 1. The topological polar surface area (TPSA) is 50.4 Å². The standard InChI is InChI=1S/C25H26F2N2O2/c1-18-7-11-21(12-8-18)24(20-5-3-2-4-6-20)29-17-23(30)28-16-15-19-9-13-22(14-10-19)31-25(26)27/h2-14,24-25,29H,15-17H2,1H3,(H,28,30)/t24-/m1/s1. The molecule has 6 heteroatoms. The Bertz CT molecular complexity index is 946. The van der Waals surface area contributed by atoms with Crippen LogP contribution in [0.3, 0.4) is 0 Å². The summed E-state index contributed by atoms with van der Waals surface area (Å²) in [4.78, 5) is 12.4. The van der Waals surface area contributed by atoms with E-state index in [0.717, 1.165) is 16.7 Å². The van der Waals surface area contributed by atoms with Crippen molar-refractivity contribution in [1.82, 2.24) is 10.6 Å². The van der Waals surface area contributed by atoms with Crippen LogP contribution in [0.1, 0.15) is 28.3 Å². The first-order chi connectivity index (χ1) is 15.0. The molecule has 3 rings (SSSR count). The van der Waals surface area contributed by atoms with E-state index in [2.05, 4.69) is 39.6 Å². The SMILES string of the molecule is Cc1ccc([C@H](NCC(=O)NCCc2ccc(OC(F)F)cc2)c2ccccc2)cc1. The summed E-state index contributed by atoms with van der Waals surface area (Å²) < 4.78 is 28.7. The summed E-state index contributed by atoms with van der Waals surface area (Å²) >= 11 is 0. The number of hydrogen-bond donors (Lipinski definition) is 2. The fourth-order valence-corrected chi connectivity index (χ4v) is 3.27. The molecule has 1 atom stereocenters. The first-order valence-corrected chi connectivity index (χ1v) is 10.2. The Hall–Kier alpha value is -3.25. The fraction of sp³-hybridized carbons (Fsp3) is 0.240. The van der Waals surface area contributed by atoms with Gasteiger partial charge in [-0.15, -0.1) is 0 Å². The molecule has 0 saturated carbocycles. The molecule has 0 fully saturated rings. The largest absolute Gasteiger partial charge is 0.435 e. The summed E-state index contributed by atoms with van der Waals surface area (Å²) in [6.45, 7) is -0.163. The molecule has 0 unspecified atom stereocenters. The lowest BCUT2D eigenvalue weighted by Crippen LogP contribution is -2.37. The quantitative estimate of drug-likeness (QED) is 0.499. The van der Waals surface area contributed by atoms with Gasteiger partial charge in [0.05, 0.1) is 12.6 Å². The first kappa shape index (κ1) is 22.4. The highest BCUT2D eigenvalue weighted by Gasteiger charge is 2.15. The molecule has 0 saturated heterocycles. The van der Waals surface area contributed by atoms with E-state index >= 15 is 0 Å². The van der Waals surface area contributed by atoms with Gasteiger partial charge in [-0.3, -0.25) is 10.1 Å². The molecule has 162 valence electrons. The van der Waals surface area contributed by atoms with Crippen LogP contribution in [0, 0.1) is 6.92 Å². The second-order valence-corrected chi connectivity index (χ2v) is 7.26. The first-order valence-electron chi connectivity index (χ1n) is 10.2. The van der Waals surface area contributed by atoms with Gasteiger partial charge in [-0.1, -0.05) is 72.3 Å². The van der Waals surface area contributed by atoms with Gasteiger partial charge in [0.2, 0.25) is 5.91 Å². The van der Waals surface area contributed by atoms with E-state index in [0.29, 0.717) is 13.0 Å². The zero-order valence-corrected chi connectivity index (χ0v) is 17.4. The second kappa shape index (κ2) is 11.2. The number of alkyl halides is 2. The number of halogens is 2. The number of aryl methyl sites for hydroxylation is 1. The molecule has 0 bridgehead atoms. The maximum atomic E-state index is 12.4. The molecule has 3 aromatic carbocycles. The minimum Gasteiger partial charge on any atom is -0.435 e. The van der Waals surface area contributed by atoms with Gasteiger partial charge in [0.25, 0.3) is 0 Å². The van der Waals surface area contributed by atoms with Crippen molar-refractivity contribution in [1.29, 1.82) is 0 Å². The minimum atomic E-state index is -2.84. The van der Waals surface area contributed by atoms with Crippen molar-refractivity contribution in [2.24, 2.45) is 0 Å². The number of rotatable bonds is 10. The van der Waals surface area contributed by atoms with Crippen LogP contribution in [-0.2, 0) is 11.2 Å². The molecule has 3 aromatic rings. The van der Waals surface area contributed by atoms with Crippen molar-refractivity contribution >= 4 is 5.91 Å². The van der Waals surface area contributed by atoms with Gasteiger partial charge in [-0.2, -0.15) is 8.78 Å². The van der Waals surface area contributed by atoms with Crippen molar-refractivity contribution in [3.63, 3.8) is 0 Å². The van der Waals surface area contributed by atoms with E-state index in [4.69, 9.17) is 0 Å². The van der Waals surface area contributed by atoms with Crippen molar-refractivity contribution in [2.75, 3.05) is 13.1 Å². The summed E-state index contributed by atoms with van der Waals surface area (Å²) in [6, 6.07) is 24.6. The monoisotopic (exact) mass is 424 g/mol. The van der Waals surface area contributed by atoms with Crippen LogP contribution in [0.4, 0.5) is 8.78 Å². The molecule has 0 radical (unpaired) electrons. The normalized spacial score (nSPS) is 11.9. The van der Waals surface area contributed by atoms with Gasteiger partial charge in [0.1, 0.15) is 5.75 Å². The van der Waals surface area contributed by atoms with Gasteiger partial charge < -0.3 is 10.1 Å². The van der Waals surface area contributed by atoms with E-state index in [9.17, 15) is 13.6 Å². The van der Waals surface area contributed by atoms with Crippen LogP contribution in [0.2, 0.25) is 0 Å². The molecule has 0 aliphatic heterocycles. The zero-order chi connectivity index (χ0) is 22.1. The van der Waals surface area contributed by atoms with E-state index in [1.165, 1.54) is 17.7 Å². The van der Waals surface area contributed by atoms with Crippen molar-refractivity contribution in [3.05, 3.63) is 101 Å². The van der Waals surface area contributed by atoms with Crippen LogP contribution in [0.15, 0.2) is 78.9 Å². The van der Waals surface area contributed by atoms with Gasteiger partial charge in [0.15, 0.2) is 0 Å².